The van der Waals surface area contributed by atoms with E-state index >= 15 is 0 Å². The first-order chi connectivity index (χ1) is 9.17. The predicted molar refractivity (Wildman–Crippen MR) is 82.1 cm³/mol. The Labute approximate surface area is 118 Å². The second-order valence-electron chi connectivity index (χ2n) is 5.60. The third-order valence-corrected chi connectivity index (χ3v) is 4.36. The van der Waals surface area contributed by atoms with Crippen LogP contribution in [0.5, 0.6) is 0 Å². The number of rotatable bonds is 9. The fourth-order valence-corrected chi connectivity index (χ4v) is 2.88. The van der Waals surface area contributed by atoms with Crippen LogP contribution < -0.4 is 0 Å². The van der Waals surface area contributed by atoms with Crippen LogP contribution in [0.1, 0.15) is 59.3 Å². The highest BCUT2D eigenvalue weighted by atomic mass is 16.3. The van der Waals surface area contributed by atoms with E-state index in [1.54, 1.807) is 0 Å². The van der Waals surface area contributed by atoms with Gasteiger partial charge in [-0.05, 0) is 19.8 Å². The highest BCUT2D eigenvalue weighted by Crippen LogP contribution is 2.25. The second kappa shape index (κ2) is 8.49. The van der Waals surface area contributed by atoms with Gasteiger partial charge in [-0.25, -0.2) is 4.99 Å². The minimum absolute atomic E-state index is 0.205. The summed E-state index contributed by atoms with van der Waals surface area (Å²) in [5.41, 5.74) is 0. The van der Waals surface area contributed by atoms with E-state index in [4.69, 9.17) is 0 Å². The van der Waals surface area contributed by atoms with Crippen molar-refractivity contribution in [2.75, 3.05) is 13.1 Å². The highest BCUT2D eigenvalue weighted by molar-refractivity contribution is 5.60. The van der Waals surface area contributed by atoms with Gasteiger partial charge in [-0.3, -0.25) is 4.48 Å². The first-order valence-corrected chi connectivity index (χ1v) is 7.88. The number of nitrogens with zero attached hydrogens (tertiary/aromatic N) is 2. The van der Waals surface area contributed by atoms with Crippen LogP contribution in [0.25, 0.3) is 0 Å². The number of aliphatic hydroxyl groups is 1. The van der Waals surface area contributed by atoms with Gasteiger partial charge < -0.3 is 5.11 Å². The largest absolute Gasteiger partial charge is 0.345 e. The van der Waals surface area contributed by atoms with Crippen molar-refractivity contribution < 1.29 is 9.59 Å². The molecule has 0 spiro atoms. The van der Waals surface area contributed by atoms with Crippen molar-refractivity contribution in [3.8, 4) is 0 Å². The van der Waals surface area contributed by atoms with Crippen molar-refractivity contribution in [2.45, 2.75) is 71.7 Å². The van der Waals surface area contributed by atoms with E-state index in [9.17, 15) is 5.11 Å². The predicted octanol–water partition coefficient (Wildman–Crippen LogP) is 3.49. The molecule has 3 nitrogen and oxygen atoms in total. The minimum Gasteiger partial charge on any atom is -0.345 e. The molecule has 1 aliphatic rings. The average molecular weight is 267 g/mol. The Bertz CT molecular complexity index is 299. The Kier molecular flexibility index (Phi) is 7.32. The molecule has 0 aromatic carbocycles. The molecule has 3 atom stereocenters. The van der Waals surface area contributed by atoms with Crippen molar-refractivity contribution in [1.29, 1.82) is 0 Å². The molecule has 1 rings (SSSR count). The van der Waals surface area contributed by atoms with Gasteiger partial charge in [0.05, 0.1) is 12.8 Å². The molecule has 0 aliphatic carbocycles. The summed E-state index contributed by atoms with van der Waals surface area (Å²) in [6.45, 7) is 8.07. The molecule has 0 aromatic heterocycles. The van der Waals surface area contributed by atoms with Crippen LogP contribution in [0.2, 0.25) is 0 Å². The van der Waals surface area contributed by atoms with Crippen molar-refractivity contribution in [3.05, 3.63) is 12.2 Å². The van der Waals surface area contributed by atoms with Crippen LogP contribution in [-0.4, -0.2) is 41.3 Å². The topological polar surface area (TPSA) is 32.6 Å². The summed E-state index contributed by atoms with van der Waals surface area (Å²) in [6.07, 6.45) is 13.8. The maximum Gasteiger partial charge on any atom is 0.189 e. The van der Waals surface area contributed by atoms with Gasteiger partial charge in [-0.15, -0.1) is 0 Å². The Morgan fingerprint density at radius 3 is 2.74 bits per heavy atom. The quantitative estimate of drug-likeness (QED) is 0.387. The van der Waals surface area contributed by atoms with E-state index in [0.717, 1.165) is 19.5 Å². The molecule has 0 aromatic rings. The standard InChI is InChI=1S/C16H31N2O/c1-4-6-7-8-9-10-11-12-16-17-13-14-18(16,5-2)15(3)19/h10-11,13,15-16,19H,4-9,12,14H2,1-3H3/q+1/b11-10+. The lowest BCUT2D eigenvalue weighted by atomic mass is 10.1. The molecule has 0 saturated carbocycles. The third kappa shape index (κ3) is 4.43. The molecule has 0 saturated heterocycles. The van der Waals surface area contributed by atoms with Crippen molar-refractivity contribution in [1.82, 2.24) is 0 Å². The summed E-state index contributed by atoms with van der Waals surface area (Å²) in [4.78, 5) is 4.56. The van der Waals surface area contributed by atoms with Crippen molar-refractivity contribution in [2.24, 2.45) is 4.99 Å². The minimum atomic E-state index is -0.338. The molecule has 0 amide bonds. The number of aliphatic imine (C=N–C) groups is 1. The van der Waals surface area contributed by atoms with Gasteiger partial charge in [0.2, 0.25) is 0 Å². The Hall–Kier alpha value is -0.670. The first kappa shape index (κ1) is 16.4. The maximum absolute atomic E-state index is 10.0. The van der Waals surface area contributed by atoms with Gasteiger partial charge in [0.25, 0.3) is 0 Å². The van der Waals surface area contributed by atoms with Gasteiger partial charge in [0, 0.05) is 13.3 Å². The summed E-state index contributed by atoms with van der Waals surface area (Å²) < 4.78 is 0.695. The smallest absolute Gasteiger partial charge is 0.189 e. The van der Waals surface area contributed by atoms with Crippen LogP contribution in [0.15, 0.2) is 17.1 Å². The van der Waals surface area contributed by atoms with E-state index in [1.165, 1.54) is 32.1 Å². The lowest BCUT2D eigenvalue weighted by Crippen LogP contribution is -2.57. The molecule has 0 radical (unpaired) electrons. The zero-order chi connectivity index (χ0) is 14.1. The van der Waals surface area contributed by atoms with E-state index in [2.05, 4.69) is 31.0 Å². The van der Waals surface area contributed by atoms with Crippen molar-refractivity contribution in [3.63, 3.8) is 0 Å². The number of quaternary nitrogens is 1. The van der Waals surface area contributed by atoms with Crippen molar-refractivity contribution >= 4 is 6.21 Å². The summed E-state index contributed by atoms with van der Waals surface area (Å²) in [5, 5.41) is 10.0. The molecule has 19 heavy (non-hydrogen) atoms. The lowest BCUT2D eigenvalue weighted by molar-refractivity contribution is -0.976. The molecule has 3 unspecified atom stereocenters. The van der Waals surface area contributed by atoms with Crippen LogP contribution in [-0.2, 0) is 0 Å². The normalized spacial score (nSPS) is 28.3. The SMILES string of the molecule is CCCCCC/C=C/CC1N=CC[N+]1(CC)C(C)O. The number of hydrogen-bond acceptors (Lipinski definition) is 2. The maximum atomic E-state index is 10.0. The molecule has 1 aliphatic heterocycles. The number of unbranched alkanes of at least 4 members (excludes halogenated alkanes) is 4. The van der Waals surface area contributed by atoms with Gasteiger partial charge >= 0.3 is 0 Å². The van der Waals surface area contributed by atoms with E-state index in [1.807, 2.05) is 13.1 Å². The summed E-state index contributed by atoms with van der Waals surface area (Å²) in [7, 11) is 0. The Morgan fingerprint density at radius 1 is 1.32 bits per heavy atom. The number of hydrogen-bond donors (Lipinski definition) is 1. The monoisotopic (exact) mass is 267 g/mol. The molecule has 110 valence electrons. The Morgan fingerprint density at radius 2 is 2.11 bits per heavy atom. The molecular weight excluding hydrogens is 236 g/mol. The van der Waals surface area contributed by atoms with Crippen LogP contribution >= 0.6 is 0 Å². The van der Waals surface area contributed by atoms with Crippen LogP contribution in [0, 0.1) is 0 Å². The number of aliphatic hydroxyl groups excluding tert-OH is 1. The average Bonchev–Trinajstić information content (AvgIpc) is 2.82. The molecule has 1 N–H and O–H groups in total. The molecule has 1 heterocycles. The van der Waals surface area contributed by atoms with Crippen LogP contribution in [0.4, 0.5) is 0 Å². The summed E-state index contributed by atoms with van der Waals surface area (Å²) in [5.74, 6) is 0. The van der Waals surface area contributed by atoms with Crippen LogP contribution in [0.3, 0.4) is 0 Å². The Balaban J connectivity index is 2.35. The van der Waals surface area contributed by atoms with E-state index in [0.29, 0.717) is 4.48 Å². The molecular formula is C16H31N2O+. The van der Waals surface area contributed by atoms with Gasteiger partial charge in [-0.1, -0.05) is 38.3 Å². The molecule has 3 heteroatoms. The lowest BCUT2D eigenvalue weighted by Gasteiger charge is -2.39. The number of allylic oxidation sites excluding steroid dienone is 1. The van der Waals surface area contributed by atoms with Gasteiger partial charge in [0.1, 0.15) is 6.54 Å². The third-order valence-electron chi connectivity index (χ3n) is 4.36. The molecule has 0 fully saturated rings. The summed E-state index contributed by atoms with van der Waals surface area (Å²) in [6, 6.07) is 0. The molecule has 0 bridgehead atoms. The van der Waals surface area contributed by atoms with Gasteiger partial charge in [0.15, 0.2) is 12.4 Å². The zero-order valence-electron chi connectivity index (χ0n) is 12.9. The van der Waals surface area contributed by atoms with Gasteiger partial charge in [-0.2, -0.15) is 0 Å². The first-order valence-electron chi connectivity index (χ1n) is 7.88. The fourth-order valence-electron chi connectivity index (χ4n) is 2.88. The zero-order valence-corrected chi connectivity index (χ0v) is 12.9. The second-order valence-corrected chi connectivity index (χ2v) is 5.60. The van der Waals surface area contributed by atoms with E-state index < -0.39 is 0 Å². The highest BCUT2D eigenvalue weighted by Gasteiger charge is 2.41. The summed E-state index contributed by atoms with van der Waals surface area (Å²) >= 11 is 0. The van der Waals surface area contributed by atoms with E-state index in [-0.39, 0.29) is 12.4 Å². The fraction of sp³-hybridized carbons (Fsp3) is 0.812.